The van der Waals surface area contributed by atoms with E-state index in [1.165, 1.54) is 66.2 Å². The summed E-state index contributed by atoms with van der Waals surface area (Å²) in [7, 11) is 1.44. The lowest BCUT2D eigenvalue weighted by Gasteiger charge is -2.49. The molecule has 0 heterocycles. The second kappa shape index (κ2) is 37.1. The number of ketones is 10. The SMILES string of the molecule is C.C=C(C)CC1(CC(=O)OC)CC1.CC(=O)CC1(C(C(C)=O)C(C)=O)CC1.CC(=O)CC1(CC(=O)O)CC1.CCOC(=O)C1C(=O)CC2(CC2)C(C(C)=O)C1=O.CCOC(=O)C1C(=O)CC2(CCC2)C(C(C)=O)C1=O.CCOC(=O)C=C1CC1.CCOC(=O)C=C1CCC1. The van der Waals surface area contributed by atoms with Crippen LogP contribution in [0, 0.1) is 56.7 Å². The monoisotopic (exact) mass is 1320 g/mol. The summed E-state index contributed by atoms with van der Waals surface area (Å²) < 4.78 is 23.6. The summed E-state index contributed by atoms with van der Waals surface area (Å²) in [5.74, 6) is -10.2. The van der Waals surface area contributed by atoms with Crippen molar-refractivity contribution in [3.8, 4) is 0 Å². The van der Waals surface area contributed by atoms with E-state index in [-0.39, 0.29) is 115 Å². The molecule has 94 heavy (non-hydrogen) atoms. The van der Waals surface area contributed by atoms with Gasteiger partial charge in [0.15, 0.2) is 35.0 Å². The number of carboxylic acid groups (broad SMARTS) is 1. The highest BCUT2D eigenvalue weighted by atomic mass is 16.5. The molecule has 0 bridgehead atoms. The number of Topliss-reactive ketones (excluding diaryl/α,β-unsaturated/α-hetero) is 10. The second-order valence-electron chi connectivity index (χ2n) is 26.8. The molecule has 2 spiro atoms. The van der Waals surface area contributed by atoms with E-state index in [4.69, 9.17) is 19.3 Å². The van der Waals surface area contributed by atoms with Crippen LogP contribution < -0.4 is 0 Å². The van der Waals surface area contributed by atoms with Gasteiger partial charge in [0.2, 0.25) is 0 Å². The van der Waals surface area contributed by atoms with Crippen molar-refractivity contribution in [2.24, 2.45) is 56.7 Å². The highest BCUT2D eigenvalue weighted by molar-refractivity contribution is 6.25. The van der Waals surface area contributed by atoms with Crippen molar-refractivity contribution >= 4 is 93.6 Å². The Kier molecular flexibility index (Phi) is 32.7. The van der Waals surface area contributed by atoms with Crippen molar-refractivity contribution in [3.05, 3.63) is 35.5 Å². The maximum atomic E-state index is 12.4. The summed E-state index contributed by atoms with van der Waals surface area (Å²) >= 11 is 0. The van der Waals surface area contributed by atoms with Crippen LogP contribution >= 0.6 is 0 Å². The molecule has 9 aliphatic rings. The van der Waals surface area contributed by atoms with Gasteiger partial charge in [0.05, 0.1) is 64.1 Å². The summed E-state index contributed by atoms with van der Waals surface area (Å²) in [6.45, 7) is 22.5. The van der Waals surface area contributed by atoms with E-state index >= 15 is 0 Å². The van der Waals surface area contributed by atoms with Crippen LogP contribution in [0.25, 0.3) is 0 Å². The molecule has 4 unspecified atom stereocenters. The standard InChI is InChI=1S/C14H18O5.C13H16O5.C11H16O3.C10H16O2.C8H12O3.C8H12O2.C7H10O2.CH4/c1-3-19-13(18)10-9(16)7-14(5-4-6-14)11(8(2)15)12(10)17;1-3-18-12(17)9-8(15)6-13(4-5-13)10(7(2)14)11(9)16;1-7(12)6-11(4-5-11)10(8(2)13)9(3)14;1-8(2)6-10(4-5-10)7-9(11)12-3;1-6(9)4-8(2-3-8)5-7(10)11;1-2-10-8(9)6-7-4-3-5-7;1-2-9-7(8)5-6-3-4-6;/h10-11H,3-7H2,1-2H3;9-10H,3-6H2,1-2H3;10H,4-6H2,1-3H3;1,4-7H2,2-3H3;2-5H2,1H3,(H,10,11);6H,2-5H2,1H3;5H,2-4H2,1H3;1H4. The van der Waals surface area contributed by atoms with Crippen molar-refractivity contribution in [3.63, 3.8) is 0 Å². The molecule has 0 aromatic heterocycles. The van der Waals surface area contributed by atoms with Crippen molar-refractivity contribution in [1.82, 2.24) is 0 Å². The molecule has 9 fully saturated rings. The average molecular weight is 1320 g/mol. The van der Waals surface area contributed by atoms with Crippen LogP contribution in [0.2, 0.25) is 0 Å². The average Bonchev–Trinajstić information content (AvgIpc) is 1.63. The van der Waals surface area contributed by atoms with Crippen LogP contribution in [0.1, 0.15) is 231 Å². The van der Waals surface area contributed by atoms with Crippen LogP contribution in [-0.2, 0) is 100 Å². The van der Waals surface area contributed by atoms with Crippen molar-refractivity contribution < 1.29 is 106 Å². The molecule has 0 aromatic carbocycles. The number of hydrogen-bond acceptors (Lipinski definition) is 21. The number of carboxylic acids is 1. The fourth-order valence-electron chi connectivity index (χ4n) is 13.2. The van der Waals surface area contributed by atoms with Gasteiger partial charge in [-0.2, -0.15) is 0 Å². The Morgan fingerprint density at radius 1 is 0.500 bits per heavy atom. The number of ether oxygens (including phenoxy) is 5. The quantitative estimate of drug-likeness (QED) is 0.0326. The van der Waals surface area contributed by atoms with E-state index in [1.54, 1.807) is 26.0 Å². The minimum absolute atomic E-state index is 0. The molecule has 4 atom stereocenters. The molecule has 0 radical (unpaired) electrons. The minimum Gasteiger partial charge on any atom is -0.481 e. The van der Waals surface area contributed by atoms with E-state index in [9.17, 15) is 76.7 Å². The van der Waals surface area contributed by atoms with E-state index < -0.39 is 75.7 Å². The zero-order chi connectivity index (χ0) is 70.4. The Balaban J connectivity index is 0.000000379. The zero-order valence-electron chi connectivity index (χ0n) is 56.9. The molecule has 0 aliphatic heterocycles. The van der Waals surface area contributed by atoms with Crippen LogP contribution in [0.4, 0.5) is 0 Å². The Labute approximate surface area is 554 Å². The van der Waals surface area contributed by atoms with Gasteiger partial charge >= 0.3 is 35.8 Å². The number of hydrogen-bond donors (Lipinski definition) is 1. The third kappa shape index (κ3) is 25.5. The second-order valence-corrected chi connectivity index (χ2v) is 26.8. The molecule has 524 valence electrons. The van der Waals surface area contributed by atoms with Gasteiger partial charge in [-0.3, -0.25) is 57.5 Å². The number of esters is 5. The molecule has 0 amide bonds. The van der Waals surface area contributed by atoms with Gasteiger partial charge in [-0.1, -0.05) is 30.6 Å². The zero-order valence-corrected chi connectivity index (χ0v) is 56.9. The Morgan fingerprint density at radius 2 is 0.883 bits per heavy atom. The molecular weight excluding hydrogens is 1220 g/mol. The first-order valence-corrected chi connectivity index (χ1v) is 32.6. The summed E-state index contributed by atoms with van der Waals surface area (Å²) in [5.41, 5.74) is 2.37. The van der Waals surface area contributed by atoms with Gasteiger partial charge in [0, 0.05) is 37.8 Å². The van der Waals surface area contributed by atoms with Gasteiger partial charge in [-0.05, 0) is 206 Å². The topological polar surface area (TPSA) is 339 Å². The Morgan fingerprint density at radius 3 is 1.14 bits per heavy atom. The summed E-state index contributed by atoms with van der Waals surface area (Å²) in [6.07, 6.45) is 21.1. The maximum absolute atomic E-state index is 12.4. The molecule has 22 heteroatoms. The van der Waals surface area contributed by atoms with E-state index in [2.05, 4.69) is 16.1 Å². The number of aliphatic carboxylic acids is 1. The minimum atomic E-state index is -1.39. The molecule has 22 nitrogen and oxygen atoms in total. The lowest BCUT2D eigenvalue weighted by Crippen LogP contribution is -2.56. The molecular formula is C72H104O22. The summed E-state index contributed by atoms with van der Waals surface area (Å²) in [5, 5.41) is 8.49. The van der Waals surface area contributed by atoms with Gasteiger partial charge < -0.3 is 38.4 Å². The Hall–Kier alpha value is -7.26. The van der Waals surface area contributed by atoms with Gasteiger partial charge in [0.25, 0.3) is 0 Å². The molecule has 9 aliphatic carbocycles. The predicted molar refractivity (Wildman–Crippen MR) is 344 cm³/mol. The van der Waals surface area contributed by atoms with Crippen LogP contribution in [0.3, 0.4) is 0 Å². The third-order valence-electron chi connectivity index (χ3n) is 18.3. The number of methoxy groups -OCH3 is 1. The van der Waals surface area contributed by atoms with E-state index in [0.29, 0.717) is 58.2 Å². The van der Waals surface area contributed by atoms with Gasteiger partial charge in [-0.25, -0.2) is 9.59 Å². The highest BCUT2D eigenvalue weighted by Gasteiger charge is 2.63. The Bertz CT molecular complexity index is 2890. The highest BCUT2D eigenvalue weighted by Crippen LogP contribution is 2.59. The lowest BCUT2D eigenvalue weighted by atomic mass is 9.52. The largest absolute Gasteiger partial charge is 0.481 e. The number of allylic oxidation sites excluding steroid dienone is 3. The van der Waals surface area contributed by atoms with Gasteiger partial charge in [-0.15, -0.1) is 6.58 Å². The first-order valence-electron chi connectivity index (χ1n) is 32.6. The molecule has 9 rings (SSSR count). The van der Waals surface area contributed by atoms with Gasteiger partial charge in [0.1, 0.15) is 34.7 Å². The summed E-state index contributed by atoms with van der Waals surface area (Å²) in [4.78, 5) is 182. The fourth-order valence-corrected chi connectivity index (χ4v) is 13.2. The van der Waals surface area contributed by atoms with Crippen molar-refractivity contribution in [1.29, 1.82) is 0 Å². The number of rotatable bonds is 23. The lowest BCUT2D eigenvalue weighted by molar-refractivity contribution is -0.167. The first-order chi connectivity index (χ1) is 43.5. The van der Waals surface area contributed by atoms with Crippen LogP contribution in [-0.4, -0.2) is 132 Å². The fraction of sp³-hybridized carbons (Fsp3) is 0.694. The number of carbonyl (C=O) groups is 16. The summed E-state index contributed by atoms with van der Waals surface area (Å²) in [6, 6.07) is 0. The van der Waals surface area contributed by atoms with Crippen LogP contribution in [0.15, 0.2) is 35.5 Å². The first kappa shape index (κ1) is 82.8. The van der Waals surface area contributed by atoms with E-state index in [0.717, 1.165) is 82.6 Å². The van der Waals surface area contributed by atoms with Crippen LogP contribution in [0.5, 0.6) is 0 Å². The third-order valence-corrected chi connectivity index (χ3v) is 18.3. The van der Waals surface area contributed by atoms with E-state index in [1.807, 2.05) is 20.8 Å². The molecule has 0 saturated heterocycles. The molecule has 9 saturated carbocycles. The number of carbonyl (C=O) groups excluding carboxylic acids is 15. The van der Waals surface area contributed by atoms with Crippen molar-refractivity contribution in [2.75, 3.05) is 33.5 Å². The molecule has 1 N–H and O–H groups in total. The molecule has 0 aromatic rings. The smallest absolute Gasteiger partial charge is 0.330 e. The maximum Gasteiger partial charge on any atom is 0.330 e. The predicted octanol–water partition coefficient (Wildman–Crippen LogP) is 10.4. The normalized spacial score (nSPS) is 21.9. The van der Waals surface area contributed by atoms with Crippen molar-refractivity contribution in [2.45, 2.75) is 231 Å².